The summed E-state index contributed by atoms with van der Waals surface area (Å²) in [5.74, 6) is 0.0650. The lowest BCUT2D eigenvalue weighted by atomic mass is 10.3. The van der Waals surface area contributed by atoms with Crippen molar-refractivity contribution in [3.05, 3.63) is 24.3 Å². The zero-order chi connectivity index (χ0) is 15.4. The SMILES string of the molecule is CCCCS(=O)(=O)Nc1ccc(S(=O)(=O)C(C)C)cc1. The number of benzene rings is 1. The van der Waals surface area contributed by atoms with Crippen molar-refractivity contribution >= 4 is 25.5 Å². The molecule has 20 heavy (non-hydrogen) atoms. The summed E-state index contributed by atoms with van der Waals surface area (Å²) in [6, 6.07) is 5.79. The number of rotatable bonds is 7. The number of nitrogens with one attached hydrogen (secondary N) is 1. The minimum absolute atomic E-state index is 0.0650. The van der Waals surface area contributed by atoms with Crippen LogP contribution in [-0.2, 0) is 19.9 Å². The molecule has 0 bridgehead atoms. The third-order valence-corrected chi connectivity index (χ3v) is 6.39. The van der Waals surface area contributed by atoms with Crippen molar-refractivity contribution in [3.63, 3.8) is 0 Å². The first-order chi connectivity index (χ1) is 9.19. The summed E-state index contributed by atoms with van der Waals surface area (Å²) in [5.41, 5.74) is 0.379. The van der Waals surface area contributed by atoms with Crippen LogP contribution in [0.15, 0.2) is 29.2 Å². The van der Waals surface area contributed by atoms with Crippen LogP contribution in [0.4, 0.5) is 5.69 Å². The first-order valence-electron chi connectivity index (χ1n) is 6.53. The maximum absolute atomic E-state index is 11.9. The van der Waals surface area contributed by atoms with Gasteiger partial charge in [-0.15, -0.1) is 0 Å². The van der Waals surface area contributed by atoms with Gasteiger partial charge in [-0.1, -0.05) is 13.3 Å². The second-order valence-electron chi connectivity index (χ2n) is 4.89. The van der Waals surface area contributed by atoms with Gasteiger partial charge >= 0.3 is 0 Å². The Hall–Kier alpha value is -1.08. The Labute approximate surface area is 121 Å². The Morgan fingerprint density at radius 3 is 2.05 bits per heavy atom. The van der Waals surface area contributed by atoms with Crippen LogP contribution >= 0.6 is 0 Å². The topological polar surface area (TPSA) is 80.3 Å². The lowest BCUT2D eigenvalue weighted by molar-refractivity contribution is 0.587. The van der Waals surface area contributed by atoms with E-state index in [-0.39, 0.29) is 10.6 Å². The normalized spacial score (nSPS) is 12.6. The van der Waals surface area contributed by atoms with Crippen LogP contribution in [0.3, 0.4) is 0 Å². The fraction of sp³-hybridized carbons (Fsp3) is 0.538. The van der Waals surface area contributed by atoms with Gasteiger partial charge in [-0.2, -0.15) is 0 Å². The molecule has 1 aromatic carbocycles. The molecule has 0 saturated carbocycles. The van der Waals surface area contributed by atoms with Crippen LogP contribution < -0.4 is 4.72 Å². The van der Waals surface area contributed by atoms with Crippen LogP contribution in [0, 0.1) is 0 Å². The van der Waals surface area contributed by atoms with E-state index in [1.165, 1.54) is 24.3 Å². The fourth-order valence-corrected chi connectivity index (χ4v) is 3.88. The van der Waals surface area contributed by atoms with Gasteiger partial charge in [-0.05, 0) is 44.5 Å². The van der Waals surface area contributed by atoms with E-state index in [0.29, 0.717) is 12.1 Å². The Balaban J connectivity index is 2.88. The molecule has 0 saturated heterocycles. The molecule has 0 aliphatic carbocycles. The summed E-state index contributed by atoms with van der Waals surface area (Å²) < 4.78 is 49.7. The number of sulfone groups is 1. The number of unbranched alkanes of at least 4 members (excludes halogenated alkanes) is 1. The summed E-state index contributed by atoms with van der Waals surface area (Å²) in [6.45, 7) is 5.13. The average Bonchev–Trinajstić information content (AvgIpc) is 2.36. The molecule has 0 aliphatic heterocycles. The summed E-state index contributed by atoms with van der Waals surface area (Å²) in [5, 5.41) is -0.505. The van der Waals surface area contributed by atoms with Gasteiger partial charge in [0.2, 0.25) is 10.0 Å². The average molecular weight is 319 g/mol. The van der Waals surface area contributed by atoms with Crippen molar-refractivity contribution in [3.8, 4) is 0 Å². The molecule has 0 amide bonds. The van der Waals surface area contributed by atoms with Crippen LogP contribution in [0.25, 0.3) is 0 Å². The smallest absolute Gasteiger partial charge is 0.232 e. The molecule has 5 nitrogen and oxygen atoms in total. The van der Waals surface area contributed by atoms with Gasteiger partial charge in [0, 0.05) is 5.69 Å². The summed E-state index contributed by atoms with van der Waals surface area (Å²) in [4.78, 5) is 0.198. The molecular formula is C13H21NO4S2. The van der Waals surface area contributed by atoms with Gasteiger partial charge in [0.25, 0.3) is 0 Å². The molecule has 1 aromatic rings. The maximum atomic E-state index is 11.9. The minimum Gasteiger partial charge on any atom is -0.284 e. The number of hydrogen-bond donors (Lipinski definition) is 1. The zero-order valence-corrected chi connectivity index (χ0v) is 13.6. The molecule has 0 unspecified atom stereocenters. The summed E-state index contributed by atoms with van der Waals surface area (Å²) >= 11 is 0. The number of sulfonamides is 1. The van der Waals surface area contributed by atoms with E-state index in [1.807, 2.05) is 6.92 Å². The van der Waals surface area contributed by atoms with Gasteiger partial charge in [-0.3, -0.25) is 4.72 Å². The first-order valence-corrected chi connectivity index (χ1v) is 9.73. The molecule has 0 heterocycles. The summed E-state index contributed by atoms with van der Waals surface area (Å²) in [7, 11) is -6.69. The van der Waals surface area contributed by atoms with Gasteiger partial charge in [-0.25, -0.2) is 16.8 Å². The largest absolute Gasteiger partial charge is 0.284 e. The lowest BCUT2D eigenvalue weighted by Gasteiger charge is -2.10. The summed E-state index contributed by atoms with van der Waals surface area (Å²) in [6.07, 6.45) is 1.39. The van der Waals surface area contributed by atoms with E-state index in [1.54, 1.807) is 13.8 Å². The van der Waals surface area contributed by atoms with Crippen molar-refractivity contribution in [2.75, 3.05) is 10.5 Å². The van der Waals surface area contributed by atoms with Crippen molar-refractivity contribution < 1.29 is 16.8 Å². The lowest BCUT2D eigenvalue weighted by Crippen LogP contribution is -2.17. The molecule has 114 valence electrons. The molecule has 1 N–H and O–H groups in total. The fourth-order valence-electron chi connectivity index (χ4n) is 1.55. The highest BCUT2D eigenvalue weighted by Gasteiger charge is 2.19. The zero-order valence-electron chi connectivity index (χ0n) is 12.0. The second kappa shape index (κ2) is 6.58. The van der Waals surface area contributed by atoms with E-state index >= 15 is 0 Å². The Morgan fingerprint density at radius 1 is 1.05 bits per heavy atom. The van der Waals surface area contributed by atoms with E-state index in [9.17, 15) is 16.8 Å². The van der Waals surface area contributed by atoms with Crippen molar-refractivity contribution in [1.29, 1.82) is 0 Å². The highest BCUT2D eigenvalue weighted by atomic mass is 32.2. The van der Waals surface area contributed by atoms with E-state index in [2.05, 4.69) is 4.72 Å². The van der Waals surface area contributed by atoms with E-state index in [4.69, 9.17) is 0 Å². The molecule has 0 fully saturated rings. The predicted molar refractivity (Wildman–Crippen MR) is 81.1 cm³/mol. The molecule has 0 aromatic heterocycles. The maximum Gasteiger partial charge on any atom is 0.232 e. The van der Waals surface area contributed by atoms with Crippen LogP contribution in [0.1, 0.15) is 33.6 Å². The molecule has 0 aliphatic rings. The quantitative estimate of drug-likeness (QED) is 0.837. The predicted octanol–water partition coefficient (Wildman–Crippen LogP) is 2.41. The molecule has 0 radical (unpaired) electrons. The number of anilines is 1. The minimum atomic E-state index is -3.36. The molecule has 7 heteroatoms. The van der Waals surface area contributed by atoms with E-state index < -0.39 is 25.1 Å². The Morgan fingerprint density at radius 2 is 1.60 bits per heavy atom. The van der Waals surface area contributed by atoms with Gasteiger partial charge in [0.1, 0.15) is 0 Å². The third kappa shape index (κ3) is 4.49. The second-order valence-corrected chi connectivity index (χ2v) is 9.24. The molecular weight excluding hydrogens is 298 g/mol. The van der Waals surface area contributed by atoms with Crippen LogP contribution in [-0.4, -0.2) is 27.8 Å². The monoisotopic (exact) mass is 319 g/mol. The third-order valence-electron chi connectivity index (χ3n) is 2.84. The van der Waals surface area contributed by atoms with Crippen molar-refractivity contribution in [2.45, 2.75) is 43.8 Å². The van der Waals surface area contributed by atoms with Gasteiger partial charge < -0.3 is 0 Å². The van der Waals surface area contributed by atoms with Crippen molar-refractivity contribution in [1.82, 2.24) is 0 Å². The highest BCUT2D eigenvalue weighted by Crippen LogP contribution is 2.19. The number of hydrogen-bond acceptors (Lipinski definition) is 4. The Kier molecular flexibility index (Phi) is 5.59. The van der Waals surface area contributed by atoms with Crippen LogP contribution in [0.5, 0.6) is 0 Å². The standard InChI is InChI=1S/C13H21NO4S2/c1-4-5-10-19(15,16)14-12-6-8-13(9-7-12)20(17,18)11(2)3/h6-9,11,14H,4-5,10H2,1-3H3. The highest BCUT2D eigenvalue weighted by molar-refractivity contribution is 7.92. The van der Waals surface area contributed by atoms with Gasteiger partial charge in [0.05, 0.1) is 15.9 Å². The van der Waals surface area contributed by atoms with Crippen LogP contribution in [0.2, 0.25) is 0 Å². The molecule has 0 atom stereocenters. The Bertz CT molecular complexity index is 631. The molecule has 1 rings (SSSR count). The first kappa shape index (κ1) is 17.0. The molecule has 0 spiro atoms. The van der Waals surface area contributed by atoms with E-state index in [0.717, 1.165) is 6.42 Å². The van der Waals surface area contributed by atoms with Gasteiger partial charge in [0.15, 0.2) is 9.84 Å². The van der Waals surface area contributed by atoms with Crippen molar-refractivity contribution in [2.24, 2.45) is 0 Å².